The second-order valence-electron chi connectivity index (χ2n) is 4.59. The van der Waals surface area contributed by atoms with E-state index in [4.69, 9.17) is 4.74 Å². The normalized spacial score (nSPS) is 15.3. The second-order valence-corrected chi connectivity index (χ2v) is 5.50. The van der Waals surface area contributed by atoms with Crippen LogP contribution in [-0.2, 0) is 18.0 Å². The number of fused-ring (bicyclic) bond motifs is 1. The minimum absolute atomic E-state index is 0.233. The molecule has 1 heterocycles. The summed E-state index contributed by atoms with van der Waals surface area (Å²) in [4.78, 5) is -0.233. The molecule has 0 bridgehead atoms. The van der Waals surface area contributed by atoms with E-state index in [0.717, 1.165) is 17.2 Å². The van der Waals surface area contributed by atoms with E-state index < -0.39 is 11.6 Å². The summed E-state index contributed by atoms with van der Waals surface area (Å²) in [6, 6.07) is 9.53. The van der Waals surface area contributed by atoms with Crippen molar-refractivity contribution in [3.8, 4) is 0 Å². The highest BCUT2D eigenvalue weighted by Gasteiger charge is 2.17. The first kappa shape index (κ1) is 12.8. The molecule has 1 nitrogen and oxygen atoms in total. The minimum atomic E-state index is -0.566. The Morgan fingerprint density at radius 1 is 0.895 bits per heavy atom. The molecular formula is C15H11BrF2O. The van der Waals surface area contributed by atoms with E-state index in [1.54, 1.807) is 0 Å². The van der Waals surface area contributed by atoms with E-state index in [0.29, 0.717) is 18.8 Å². The Morgan fingerprint density at radius 3 is 2.32 bits per heavy atom. The number of rotatable bonds is 2. The smallest absolute Gasteiger partial charge is 0.126 e. The standard InChI is InChI=1S/C15H11BrF2O/c16-15(11-4-13(17)6-14(18)5-11)9-1-2-10-7-19-8-12(10)3-9/h1-6,15H,7-8H2. The van der Waals surface area contributed by atoms with Crippen molar-refractivity contribution >= 4 is 15.9 Å². The molecule has 4 heteroatoms. The highest BCUT2D eigenvalue weighted by atomic mass is 79.9. The molecular weight excluding hydrogens is 314 g/mol. The zero-order valence-corrected chi connectivity index (χ0v) is 11.6. The summed E-state index contributed by atoms with van der Waals surface area (Å²) in [7, 11) is 0. The lowest BCUT2D eigenvalue weighted by molar-refractivity contribution is 0.134. The first-order valence-corrected chi connectivity index (χ1v) is 6.84. The molecule has 98 valence electrons. The topological polar surface area (TPSA) is 9.23 Å². The van der Waals surface area contributed by atoms with E-state index in [9.17, 15) is 8.78 Å². The van der Waals surface area contributed by atoms with Crippen molar-refractivity contribution in [2.45, 2.75) is 18.0 Å². The highest BCUT2D eigenvalue weighted by molar-refractivity contribution is 9.09. The van der Waals surface area contributed by atoms with Crippen LogP contribution in [0.5, 0.6) is 0 Å². The molecule has 0 radical (unpaired) electrons. The number of benzene rings is 2. The molecule has 1 atom stereocenters. The van der Waals surface area contributed by atoms with Crippen molar-refractivity contribution in [1.29, 1.82) is 0 Å². The van der Waals surface area contributed by atoms with Crippen LogP contribution in [0.4, 0.5) is 8.78 Å². The van der Waals surface area contributed by atoms with Crippen LogP contribution in [0.25, 0.3) is 0 Å². The molecule has 1 aliphatic rings. The third kappa shape index (κ3) is 2.55. The summed E-state index contributed by atoms with van der Waals surface area (Å²) in [5, 5.41) is 0. The largest absolute Gasteiger partial charge is 0.372 e. The fourth-order valence-electron chi connectivity index (χ4n) is 2.26. The Labute approximate surface area is 118 Å². The zero-order valence-electron chi connectivity index (χ0n) is 10.00. The molecule has 0 aromatic heterocycles. The molecule has 3 rings (SSSR count). The van der Waals surface area contributed by atoms with Crippen LogP contribution in [0.3, 0.4) is 0 Å². The minimum Gasteiger partial charge on any atom is -0.372 e. The van der Waals surface area contributed by atoms with Crippen molar-refractivity contribution in [3.63, 3.8) is 0 Å². The van der Waals surface area contributed by atoms with Crippen molar-refractivity contribution in [2.24, 2.45) is 0 Å². The first-order valence-electron chi connectivity index (χ1n) is 5.93. The van der Waals surface area contributed by atoms with Crippen LogP contribution in [-0.4, -0.2) is 0 Å². The van der Waals surface area contributed by atoms with Gasteiger partial charge in [-0.05, 0) is 34.4 Å². The SMILES string of the molecule is Fc1cc(F)cc(C(Br)c2ccc3c(c2)COC3)c1. The van der Waals surface area contributed by atoms with Gasteiger partial charge in [-0.3, -0.25) is 0 Å². The summed E-state index contributed by atoms with van der Waals surface area (Å²) in [6.07, 6.45) is 0. The van der Waals surface area contributed by atoms with Crippen LogP contribution in [0.15, 0.2) is 36.4 Å². The van der Waals surface area contributed by atoms with E-state index >= 15 is 0 Å². The van der Waals surface area contributed by atoms with Crippen LogP contribution < -0.4 is 0 Å². The van der Waals surface area contributed by atoms with Crippen molar-refractivity contribution in [3.05, 3.63) is 70.3 Å². The predicted octanol–water partition coefficient (Wildman–Crippen LogP) is 4.48. The number of hydrogen-bond acceptors (Lipinski definition) is 1. The Balaban J connectivity index is 1.97. The van der Waals surface area contributed by atoms with Crippen molar-refractivity contribution < 1.29 is 13.5 Å². The van der Waals surface area contributed by atoms with E-state index in [-0.39, 0.29) is 4.83 Å². The van der Waals surface area contributed by atoms with Gasteiger partial charge in [-0.1, -0.05) is 34.1 Å². The van der Waals surface area contributed by atoms with Crippen LogP contribution in [0.2, 0.25) is 0 Å². The maximum absolute atomic E-state index is 13.2. The molecule has 0 aliphatic carbocycles. The third-order valence-electron chi connectivity index (χ3n) is 3.22. The molecule has 0 N–H and O–H groups in total. The van der Waals surface area contributed by atoms with Gasteiger partial charge in [0.15, 0.2) is 0 Å². The summed E-state index contributed by atoms with van der Waals surface area (Å²) in [6.45, 7) is 1.23. The fraction of sp³-hybridized carbons (Fsp3) is 0.200. The van der Waals surface area contributed by atoms with Gasteiger partial charge in [0.2, 0.25) is 0 Å². The number of hydrogen-bond donors (Lipinski definition) is 0. The fourth-order valence-corrected chi connectivity index (χ4v) is 2.81. The van der Waals surface area contributed by atoms with Gasteiger partial charge in [0.25, 0.3) is 0 Å². The van der Waals surface area contributed by atoms with Gasteiger partial charge in [-0.15, -0.1) is 0 Å². The molecule has 2 aromatic carbocycles. The lowest BCUT2D eigenvalue weighted by Gasteiger charge is -2.12. The number of alkyl halides is 1. The molecule has 0 saturated heterocycles. The maximum Gasteiger partial charge on any atom is 0.126 e. The van der Waals surface area contributed by atoms with Gasteiger partial charge in [0.05, 0.1) is 18.0 Å². The predicted molar refractivity (Wildman–Crippen MR) is 72.1 cm³/mol. The van der Waals surface area contributed by atoms with E-state index in [2.05, 4.69) is 15.9 Å². The Bertz CT molecular complexity index is 607. The molecule has 0 fully saturated rings. The number of halogens is 3. The molecule has 1 aliphatic heterocycles. The molecule has 19 heavy (non-hydrogen) atoms. The first-order chi connectivity index (χ1) is 9.13. The summed E-state index contributed by atoms with van der Waals surface area (Å²) >= 11 is 3.50. The lowest BCUT2D eigenvalue weighted by Crippen LogP contribution is -1.96. The Morgan fingerprint density at radius 2 is 1.58 bits per heavy atom. The molecule has 0 saturated carbocycles. The number of ether oxygens (including phenoxy) is 1. The highest BCUT2D eigenvalue weighted by Crippen LogP contribution is 2.34. The molecule has 2 aromatic rings. The lowest BCUT2D eigenvalue weighted by atomic mass is 10.0. The average molecular weight is 325 g/mol. The van der Waals surface area contributed by atoms with Gasteiger partial charge in [-0.25, -0.2) is 8.78 Å². The zero-order chi connectivity index (χ0) is 13.4. The van der Waals surface area contributed by atoms with Crippen LogP contribution in [0.1, 0.15) is 27.1 Å². The van der Waals surface area contributed by atoms with Gasteiger partial charge < -0.3 is 4.74 Å². The van der Waals surface area contributed by atoms with Gasteiger partial charge >= 0.3 is 0 Å². The van der Waals surface area contributed by atoms with E-state index in [1.165, 1.54) is 17.7 Å². The van der Waals surface area contributed by atoms with Crippen molar-refractivity contribution in [2.75, 3.05) is 0 Å². The molecule has 1 unspecified atom stereocenters. The monoisotopic (exact) mass is 324 g/mol. The van der Waals surface area contributed by atoms with Crippen LogP contribution >= 0.6 is 15.9 Å². The third-order valence-corrected chi connectivity index (χ3v) is 4.27. The summed E-state index contributed by atoms with van der Waals surface area (Å²) in [5.41, 5.74) is 3.85. The Hall–Kier alpha value is -1.26. The maximum atomic E-state index is 13.2. The Kier molecular flexibility index (Phi) is 3.37. The van der Waals surface area contributed by atoms with Gasteiger partial charge in [-0.2, -0.15) is 0 Å². The molecule has 0 amide bonds. The van der Waals surface area contributed by atoms with Gasteiger partial charge in [0, 0.05) is 6.07 Å². The summed E-state index contributed by atoms with van der Waals surface area (Å²) in [5.74, 6) is -1.13. The van der Waals surface area contributed by atoms with Gasteiger partial charge in [0.1, 0.15) is 11.6 Å². The molecule has 0 spiro atoms. The van der Waals surface area contributed by atoms with Crippen molar-refractivity contribution in [1.82, 2.24) is 0 Å². The summed E-state index contributed by atoms with van der Waals surface area (Å²) < 4.78 is 31.8. The van der Waals surface area contributed by atoms with Crippen LogP contribution in [0, 0.1) is 11.6 Å². The average Bonchev–Trinajstić information content (AvgIpc) is 2.83. The van der Waals surface area contributed by atoms with E-state index in [1.807, 2.05) is 18.2 Å². The quantitative estimate of drug-likeness (QED) is 0.740. The second kappa shape index (κ2) is 5.02.